The Hall–Kier alpha value is -0.900. The Labute approximate surface area is 206 Å². The molecule has 0 heterocycles. The first-order valence-electron chi connectivity index (χ1n) is 14.2. The smallest absolute Gasteiger partial charge is 0.104 e. The lowest BCUT2D eigenvalue weighted by molar-refractivity contribution is -0.0645. The summed E-state index contributed by atoms with van der Waals surface area (Å²) in [6, 6.07) is 10.4. The summed E-state index contributed by atoms with van der Waals surface area (Å²) in [5, 5.41) is 0. The van der Waals surface area contributed by atoms with Crippen molar-refractivity contribution in [2.24, 2.45) is 0 Å². The number of rotatable bonds is 25. The van der Waals surface area contributed by atoms with Gasteiger partial charge in [-0.1, -0.05) is 134 Å². The van der Waals surface area contributed by atoms with Crippen LogP contribution in [0.2, 0.25) is 0 Å². The van der Waals surface area contributed by atoms with E-state index in [0.717, 1.165) is 26.1 Å². The highest BCUT2D eigenvalue weighted by molar-refractivity contribution is 5.13. The zero-order valence-electron chi connectivity index (χ0n) is 22.0. The highest BCUT2D eigenvalue weighted by Crippen LogP contribution is 2.11. The molecule has 0 aliphatic heterocycles. The van der Waals surface area contributed by atoms with Gasteiger partial charge in [0.15, 0.2) is 0 Å². The Kier molecular flexibility index (Phi) is 22.1. The van der Waals surface area contributed by atoms with Gasteiger partial charge in [-0.25, -0.2) is 0 Å². The van der Waals surface area contributed by atoms with Gasteiger partial charge < -0.3 is 14.2 Å². The third-order valence-corrected chi connectivity index (χ3v) is 6.21. The van der Waals surface area contributed by atoms with E-state index in [1.165, 1.54) is 95.5 Å². The second-order valence-corrected chi connectivity index (χ2v) is 9.52. The van der Waals surface area contributed by atoms with Crippen molar-refractivity contribution in [3.63, 3.8) is 0 Å². The summed E-state index contributed by atoms with van der Waals surface area (Å²) in [4.78, 5) is 0. The Morgan fingerprint density at radius 2 is 1.03 bits per heavy atom. The summed E-state index contributed by atoms with van der Waals surface area (Å²) in [5.41, 5.74) is 1.21. The van der Waals surface area contributed by atoms with Crippen LogP contribution in [0.25, 0.3) is 0 Å². The molecule has 0 unspecified atom stereocenters. The first-order chi connectivity index (χ1) is 16.4. The molecule has 3 heteroatoms. The van der Waals surface area contributed by atoms with Gasteiger partial charge in [0.05, 0.1) is 19.8 Å². The SMILES string of the molecule is CCCCCCCCCCOC[C@H](COCc1ccccc1)OCCCCCCCCCC. The summed E-state index contributed by atoms with van der Waals surface area (Å²) in [6.07, 6.45) is 21.3. The highest BCUT2D eigenvalue weighted by atomic mass is 16.6. The second kappa shape index (κ2) is 24.2. The van der Waals surface area contributed by atoms with Crippen LogP contribution in [0.4, 0.5) is 0 Å². The highest BCUT2D eigenvalue weighted by Gasteiger charge is 2.10. The molecule has 1 atom stereocenters. The Morgan fingerprint density at radius 1 is 0.545 bits per heavy atom. The molecule has 0 radical (unpaired) electrons. The van der Waals surface area contributed by atoms with E-state index in [1.54, 1.807) is 0 Å². The van der Waals surface area contributed by atoms with Crippen molar-refractivity contribution in [2.75, 3.05) is 26.4 Å². The average Bonchev–Trinajstić information content (AvgIpc) is 2.84. The van der Waals surface area contributed by atoms with Gasteiger partial charge in [0.25, 0.3) is 0 Å². The van der Waals surface area contributed by atoms with E-state index >= 15 is 0 Å². The minimum atomic E-state index is 0.0345. The van der Waals surface area contributed by atoms with Crippen molar-refractivity contribution in [1.82, 2.24) is 0 Å². The molecule has 0 bridgehead atoms. The molecule has 0 aromatic heterocycles. The zero-order valence-corrected chi connectivity index (χ0v) is 22.0. The molecule has 0 saturated heterocycles. The summed E-state index contributed by atoms with van der Waals surface area (Å²) in [7, 11) is 0. The Bertz CT molecular complexity index is 491. The molecule has 0 aliphatic rings. The third-order valence-electron chi connectivity index (χ3n) is 6.21. The monoisotopic (exact) mass is 462 g/mol. The first-order valence-corrected chi connectivity index (χ1v) is 14.2. The largest absolute Gasteiger partial charge is 0.379 e. The van der Waals surface area contributed by atoms with Crippen molar-refractivity contribution < 1.29 is 14.2 Å². The molecule has 0 N–H and O–H groups in total. The number of hydrogen-bond acceptors (Lipinski definition) is 3. The fourth-order valence-corrected chi connectivity index (χ4v) is 4.07. The molecule has 33 heavy (non-hydrogen) atoms. The van der Waals surface area contributed by atoms with Crippen molar-refractivity contribution in [3.05, 3.63) is 35.9 Å². The maximum Gasteiger partial charge on any atom is 0.104 e. The second-order valence-electron chi connectivity index (χ2n) is 9.52. The standard InChI is InChI=1S/C30H54O3/c1-3-5-7-9-11-13-15-20-24-31-27-30(28-32-26-29-22-18-17-19-23-29)33-25-21-16-14-12-10-8-6-4-2/h17-19,22-23,30H,3-16,20-21,24-28H2,1-2H3/t30-/m1/s1. The van der Waals surface area contributed by atoms with Crippen LogP contribution >= 0.6 is 0 Å². The number of unbranched alkanes of at least 4 members (excludes halogenated alkanes) is 14. The maximum absolute atomic E-state index is 6.16. The summed E-state index contributed by atoms with van der Waals surface area (Å²) in [6.45, 7) is 8.08. The van der Waals surface area contributed by atoms with Gasteiger partial charge in [-0.2, -0.15) is 0 Å². The van der Waals surface area contributed by atoms with Gasteiger partial charge in [-0.3, -0.25) is 0 Å². The molecule has 1 aromatic rings. The summed E-state index contributed by atoms with van der Waals surface area (Å²) >= 11 is 0. The number of benzene rings is 1. The quantitative estimate of drug-likeness (QED) is 0.136. The Balaban J connectivity index is 2.13. The minimum Gasteiger partial charge on any atom is -0.379 e. The van der Waals surface area contributed by atoms with Gasteiger partial charge in [0.1, 0.15) is 6.10 Å². The summed E-state index contributed by atoms with van der Waals surface area (Å²) in [5.74, 6) is 0. The minimum absolute atomic E-state index is 0.0345. The molecule has 0 spiro atoms. The normalized spacial score (nSPS) is 12.3. The zero-order chi connectivity index (χ0) is 23.7. The van der Waals surface area contributed by atoms with Crippen LogP contribution in [0.15, 0.2) is 30.3 Å². The third kappa shape index (κ3) is 20.2. The predicted molar refractivity (Wildman–Crippen MR) is 142 cm³/mol. The van der Waals surface area contributed by atoms with E-state index in [2.05, 4.69) is 38.1 Å². The molecule has 3 nitrogen and oxygen atoms in total. The molecular weight excluding hydrogens is 408 g/mol. The molecule has 192 valence electrons. The molecule has 0 amide bonds. The molecule has 0 aliphatic carbocycles. The van der Waals surface area contributed by atoms with Crippen LogP contribution in [-0.2, 0) is 20.8 Å². The number of ether oxygens (including phenoxy) is 3. The van der Waals surface area contributed by atoms with Crippen LogP contribution in [0.1, 0.15) is 122 Å². The lowest BCUT2D eigenvalue weighted by Gasteiger charge is -2.18. The summed E-state index contributed by atoms with van der Waals surface area (Å²) < 4.78 is 18.1. The van der Waals surface area contributed by atoms with E-state index in [0.29, 0.717) is 19.8 Å². The molecule has 0 fully saturated rings. The van der Waals surface area contributed by atoms with Crippen LogP contribution < -0.4 is 0 Å². The van der Waals surface area contributed by atoms with Crippen LogP contribution in [0.5, 0.6) is 0 Å². The number of hydrogen-bond donors (Lipinski definition) is 0. The van der Waals surface area contributed by atoms with Crippen molar-refractivity contribution in [3.8, 4) is 0 Å². The van der Waals surface area contributed by atoms with E-state index < -0.39 is 0 Å². The van der Waals surface area contributed by atoms with Gasteiger partial charge in [0, 0.05) is 13.2 Å². The van der Waals surface area contributed by atoms with Crippen LogP contribution in [-0.4, -0.2) is 32.5 Å². The average molecular weight is 463 g/mol. The van der Waals surface area contributed by atoms with E-state index in [4.69, 9.17) is 14.2 Å². The van der Waals surface area contributed by atoms with Crippen molar-refractivity contribution in [1.29, 1.82) is 0 Å². The fraction of sp³-hybridized carbons (Fsp3) is 0.800. The van der Waals surface area contributed by atoms with Gasteiger partial charge >= 0.3 is 0 Å². The van der Waals surface area contributed by atoms with Gasteiger partial charge in [0.2, 0.25) is 0 Å². The van der Waals surface area contributed by atoms with Crippen molar-refractivity contribution in [2.45, 2.75) is 129 Å². The van der Waals surface area contributed by atoms with Gasteiger partial charge in [-0.05, 0) is 18.4 Å². The van der Waals surface area contributed by atoms with Crippen LogP contribution in [0, 0.1) is 0 Å². The van der Waals surface area contributed by atoms with E-state index in [-0.39, 0.29) is 6.10 Å². The molecule has 1 aromatic carbocycles. The topological polar surface area (TPSA) is 27.7 Å². The Morgan fingerprint density at radius 3 is 1.61 bits per heavy atom. The van der Waals surface area contributed by atoms with Crippen LogP contribution in [0.3, 0.4) is 0 Å². The molecular formula is C30H54O3. The molecule has 1 rings (SSSR count). The maximum atomic E-state index is 6.16. The lowest BCUT2D eigenvalue weighted by atomic mass is 10.1. The predicted octanol–water partition coefficient (Wildman–Crippen LogP) is 8.89. The van der Waals surface area contributed by atoms with E-state index in [1.807, 2.05) is 6.07 Å². The lowest BCUT2D eigenvalue weighted by Crippen LogP contribution is -2.26. The fourth-order valence-electron chi connectivity index (χ4n) is 4.07. The van der Waals surface area contributed by atoms with E-state index in [9.17, 15) is 0 Å². The first kappa shape index (κ1) is 30.1. The van der Waals surface area contributed by atoms with Crippen molar-refractivity contribution >= 4 is 0 Å². The van der Waals surface area contributed by atoms with Gasteiger partial charge in [-0.15, -0.1) is 0 Å². The molecule has 0 saturated carbocycles.